The summed E-state index contributed by atoms with van der Waals surface area (Å²) in [6.07, 6.45) is 5.50. The van der Waals surface area contributed by atoms with Crippen molar-refractivity contribution in [3.05, 3.63) is 35.9 Å². The smallest absolute Gasteiger partial charge is 0.0359 e. The van der Waals surface area contributed by atoms with Crippen molar-refractivity contribution in [1.29, 1.82) is 0 Å². The van der Waals surface area contributed by atoms with E-state index in [1.54, 1.807) is 0 Å². The maximum Gasteiger partial charge on any atom is 0.0359 e. The predicted octanol–water partition coefficient (Wildman–Crippen LogP) is 4.22. The van der Waals surface area contributed by atoms with E-state index in [2.05, 4.69) is 63.1 Å². The summed E-state index contributed by atoms with van der Waals surface area (Å²) < 4.78 is 0. The number of nitrogens with zero attached hydrogens (tertiary/aromatic N) is 1. The molecule has 1 fully saturated rings. The normalized spacial score (nSPS) is 25.0. The molecule has 2 heteroatoms. The molecular formula is C19H32N2. The maximum atomic E-state index is 6.56. The van der Waals surface area contributed by atoms with Crippen LogP contribution < -0.4 is 5.73 Å². The average molecular weight is 288 g/mol. The Hall–Kier alpha value is -0.860. The molecule has 1 aromatic rings. The number of nitrogens with two attached hydrogens (primary N) is 1. The van der Waals surface area contributed by atoms with Gasteiger partial charge in [0, 0.05) is 18.6 Å². The summed E-state index contributed by atoms with van der Waals surface area (Å²) in [7, 11) is 2.28. The third-order valence-corrected chi connectivity index (χ3v) is 5.29. The van der Waals surface area contributed by atoms with E-state index >= 15 is 0 Å². The van der Waals surface area contributed by atoms with Crippen LogP contribution in [0.15, 0.2) is 30.3 Å². The minimum atomic E-state index is 0.0767. The molecule has 0 aromatic heterocycles. The van der Waals surface area contributed by atoms with Crippen molar-refractivity contribution in [2.45, 2.75) is 58.5 Å². The fraction of sp³-hybridized carbons (Fsp3) is 0.684. The molecule has 0 bridgehead atoms. The second kappa shape index (κ2) is 6.93. The summed E-state index contributed by atoms with van der Waals surface area (Å²) in [4.78, 5) is 2.56. The number of hydrogen-bond acceptors (Lipinski definition) is 2. The van der Waals surface area contributed by atoms with Crippen LogP contribution in [0.2, 0.25) is 0 Å². The van der Waals surface area contributed by atoms with Gasteiger partial charge in [0.25, 0.3) is 0 Å². The highest BCUT2D eigenvalue weighted by Gasteiger charge is 2.33. The van der Waals surface area contributed by atoms with Gasteiger partial charge in [0.1, 0.15) is 0 Å². The Balaban J connectivity index is 2.02. The van der Waals surface area contributed by atoms with Gasteiger partial charge in [-0.3, -0.25) is 0 Å². The number of rotatable bonds is 5. The van der Waals surface area contributed by atoms with Crippen LogP contribution in [0.4, 0.5) is 0 Å². The van der Waals surface area contributed by atoms with E-state index in [9.17, 15) is 0 Å². The molecule has 0 spiro atoms. The molecular weight excluding hydrogens is 256 g/mol. The SMILES string of the molecule is CC1CCCCC1N(C)CC(C)(C)C(N)c1ccccc1. The molecule has 1 saturated carbocycles. The zero-order valence-corrected chi connectivity index (χ0v) is 14.2. The maximum absolute atomic E-state index is 6.56. The van der Waals surface area contributed by atoms with Crippen LogP contribution in [-0.4, -0.2) is 24.5 Å². The van der Waals surface area contributed by atoms with E-state index in [1.165, 1.54) is 31.2 Å². The van der Waals surface area contributed by atoms with E-state index in [1.807, 2.05) is 0 Å². The molecule has 0 saturated heterocycles. The fourth-order valence-corrected chi connectivity index (χ4v) is 3.92. The van der Waals surface area contributed by atoms with Crippen molar-refractivity contribution in [3.8, 4) is 0 Å². The predicted molar refractivity (Wildman–Crippen MR) is 91.2 cm³/mol. The average Bonchev–Trinajstić information content (AvgIpc) is 2.47. The van der Waals surface area contributed by atoms with Crippen LogP contribution >= 0.6 is 0 Å². The minimum Gasteiger partial charge on any atom is -0.323 e. The van der Waals surface area contributed by atoms with Gasteiger partial charge < -0.3 is 10.6 Å². The van der Waals surface area contributed by atoms with Crippen LogP contribution in [0.3, 0.4) is 0 Å². The summed E-state index contributed by atoms with van der Waals surface area (Å²) in [6, 6.07) is 11.3. The van der Waals surface area contributed by atoms with Crippen LogP contribution in [0.5, 0.6) is 0 Å². The largest absolute Gasteiger partial charge is 0.323 e. The lowest BCUT2D eigenvalue weighted by Gasteiger charge is -2.42. The first-order valence-electron chi connectivity index (χ1n) is 8.42. The molecule has 3 atom stereocenters. The van der Waals surface area contributed by atoms with Gasteiger partial charge in [-0.05, 0) is 36.8 Å². The van der Waals surface area contributed by atoms with Crippen molar-refractivity contribution in [2.24, 2.45) is 17.1 Å². The van der Waals surface area contributed by atoms with Crippen LogP contribution in [0, 0.1) is 11.3 Å². The molecule has 3 unspecified atom stereocenters. The van der Waals surface area contributed by atoms with Crippen molar-refractivity contribution < 1.29 is 0 Å². The first-order chi connectivity index (χ1) is 9.92. The van der Waals surface area contributed by atoms with E-state index < -0.39 is 0 Å². The Kier molecular flexibility index (Phi) is 5.45. The van der Waals surface area contributed by atoms with Gasteiger partial charge in [-0.1, -0.05) is 63.9 Å². The van der Waals surface area contributed by atoms with Gasteiger partial charge in [-0.15, -0.1) is 0 Å². The molecule has 0 radical (unpaired) electrons. The first kappa shape index (κ1) is 16.5. The number of benzene rings is 1. The Morgan fingerprint density at radius 2 is 1.81 bits per heavy atom. The first-order valence-corrected chi connectivity index (χ1v) is 8.42. The van der Waals surface area contributed by atoms with E-state index in [0.29, 0.717) is 0 Å². The second-order valence-electron chi connectivity index (χ2n) is 7.62. The van der Waals surface area contributed by atoms with Gasteiger partial charge in [-0.2, -0.15) is 0 Å². The van der Waals surface area contributed by atoms with Crippen molar-refractivity contribution in [1.82, 2.24) is 4.90 Å². The third-order valence-electron chi connectivity index (χ3n) is 5.29. The summed E-state index contributed by atoms with van der Waals surface area (Å²) >= 11 is 0. The lowest BCUT2D eigenvalue weighted by Crippen LogP contribution is -2.46. The van der Waals surface area contributed by atoms with Crippen molar-refractivity contribution >= 4 is 0 Å². The van der Waals surface area contributed by atoms with Crippen LogP contribution in [0.25, 0.3) is 0 Å². The van der Waals surface area contributed by atoms with Gasteiger partial charge in [0.15, 0.2) is 0 Å². The standard InChI is InChI=1S/C19H32N2/c1-15-10-8-9-13-17(15)21(4)14-19(2,3)18(20)16-11-6-5-7-12-16/h5-7,11-12,15,17-18H,8-10,13-14,20H2,1-4H3. The zero-order valence-electron chi connectivity index (χ0n) is 14.2. The van der Waals surface area contributed by atoms with Crippen molar-refractivity contribution in [2.75, 3.05) is 13.6 Å². The van der Waals surface area contributed by atoms with Crippen LogP contribution in [0.1, 0.15) is 58.1 Å². The molecule has 2 nitrogen and oxygen atoms in total. The van der Waals surface area contributed by atoms with Gasteiger partial charge >= 0.3 is 0 Å². The van der Waals surface area contributed by atoms with Gasteiger partial charge in [0.2, 0.25) is 0 Å². The summed E-state index contributed by atoms with van der Waals surface area (Å²) in [5.41, 5.74) is 7.88. The summed E-state index contributed by atoms with van der Waals surface area (Å²) in [6.45, 7) is 8.06. The molecule has 21 heavy (non-hydrogen) atoms. The highest BCUT2D eigenvalue weighted by molar-refractivity contribution is 5.20. The molecule has 1 aliphatic rings. The Morgan fingerprint density at radius 1 is 1.19 bits per heavy atom. The number of hydrogen-bond donors (Lipinski definition) is 1. The lowest BCUT2D eigenvalue weighted by atomic mass is 9.78. The molecule has 0 aliphatic heterocycles. The highest BCUT2D eigenvalue weighted by atomic mass is 15.1. The molecule has 0 amide bonds. The van der Waals surface area contributed by atoms with E-state index in [4.69, 9.17) is 5.73 Å². The topological polar surface area (TPSA) is 29.3 Å². The van der Waals surface area contributed by atoms with E-state index in [0.717, 1.165) is 18.5 Å². The second-order valence-corrected chi connectivity index (χ2v) is 7.62. The zero-order chi connectivity index (χ0) is 15.5. The van der Waals surface area contributed by atoms with Gasteiger partial charge in [0.05, 0.1) is 0 Å². The Labute approximate surface area is 130 Å². The van der Waals surface area contributed by atoms with Gasteiger partial charge in [-0.25, -0.2) is 0 Å². The molecule has 1 aliphatic carbocycles. The van der Waals surface area contributed by atoms with Crippen LogP contribution in [-0.2, 0) is 0 Å². The summed E-state index contributed by atoms with van der Waals surface area (Å²) in [5.74, 6) is 0.812. The summed E-state index contributed by atoms with van der Waals surface area (Å²) in [5, 5.41) is 0. The third kappa shape index (κ3) is 4.08. The molecule has 2 rings (SSSR count). The van der Waals surface area contributed by atoms with Crippen molar-refractivity contribution in [3.63, 3.8) is 0 Å². The Bertz CT molecular complexity index is 426. The Morgan fingerprint density at radius 3 is 2.43 bits per heavy atom. The molecule has 0 heterocycles. The highest BCUT2D eigenvalue weighted by Crippen LogP contribution is 2.35. The molecule has 118 valence electrons. The fourth-order valence-electron chi connectivity index (χ4n) is 3.92. The van der Waals surface area contributed by atoms with E-state index in [-0.39, 0.29) is 11.5 Å². The molecule has 2 N–H and O–H groups in total. The minimum absolute atomic E-state index is 0.0767. The monoisotopic (exact) mass is 288 g/mol. The quantitative estimate of drug-likeness (QED) is 0.879. The molecule has 1 aromatic carbocycles. The lowest BCUT2D eigenvalue weighted by molar-refractivity contribution is 0.0859.